The maximum absolute atomic E-state index is 13.2. The van der Waals surface area contributed by atoms with Gasteiger partial charge in [0.1, 0.15) is 6.54 Å². The molecule has 1 aromatic carbocycles. The van der Waals surface area contributed by atoms with E-state index in [0.29, 0.717) is 45.0 Å². The van der Waals surface area contributed by atoms with Crippen molar-refractivity contribution in [1.82, 2.24) is 14.4 Å². The first kappa shape index (κ1) is 25.4. The number of aromatic nitrogens is 1. The van der Waals surface area contributed by atoms with E-state index in [9.17, 15) is 9.59 Å². The Hall–Kier alpha value is -2.84. The van der Waals surface area contributed by atoms with Gasteiger partial charge in [-0.25, -0.2) is 4.79 Å². The molecule has 8 heteroatoms. The van der Waals surface area contributed by atoms with Crippen molar-refractivity contribution in [3.8, 4) is 0 Å². The summed E-state index contributed by atoms with van der Waals surface area (Å²) in [6.07, 6.45) is 2.59. The summed E-state index contributed by atoms with van der Waals surface area (Å²) in [6, 6.07) is 9.40. The molecule has 0 saturated heterocycles. The first-order valence-corrected chi connectivity index (χ1v) is 10.8. The topological polar surface area (TPSA) is 76.0 Å². The zero-order chi connectivity index (χ0) is 23.5. The van der Waals surface area contributed by atoms with Crippen molar-refractivity contribution in [1.29, 1.82) is 0 Å². The van der Waals surface area contributed by atoms with E-state index in [2.05, 4.69) is 5.32 Å². The molecule has 0 fully saturated rings. The molecule has 1 heterocycles. The molecule has 8 nitrogen and oxygen atoms in total. The third kappa shape index (κ3) is 7.69. The van der Waals surface area contributed by atoms with Crippen LogP contribution in [0.15, 0.2) is 36.5 Å². The van der Waals surface area contributed by atoms with Crippen LogP contribution in [0.5, 0.6) is 0 Å². The fourth-order valence-corrected chi connectivity index (χ4v) is 3.29. The van der Waals surface area contributed by atoms with Crippen molar-refractivity contribution < 1.29 is 19.1 Å². The van der Waals surface area contributed by atoms with Crippen LogP contribution < -0.4 is 5.32 Å². The summed E-state index contributed by atoms with van der Waals surface area (Å²) in [5.41, 5.74) is 3.98. The molecule has 0 aliphatic rings. The number of anilines is 1. The Balaban J connectivity index is 2.12. The van der Waals surface area contributed by atoms with Gasteiger partial charge in [0, 0.05) is 58.5 Å². The van der Waals surface area contributed by atoms with Crippen LogP contribution in [0.1, 0.15) is 23.2 Å². The zero-order valence-corrected chi connectivity index (χ0v) is 19.9. The van der Waals surface area contributed by atoms with E-state index in [4.69, 9.17) is 9.47 Å². The third-order valence-corrected chi connectivity index (χ3v) is 5.47. The van der Waals surface area contributed by atoms with Gasteiger partial charge in [-0.1, -0.05) is 6.07 Å². The van der Waals surface area contributed by atoms with Crippen molar-refractivity contribution >= 4 is 17.6 Å². The van der Waals surface area contributed by atoms with Crippen LogP contribution in [0.3, 0.4) is 0 Å². The molecule has 1 N–H and O–H groups in total. The fourth-order valence-electron chi connectivity index (χ4n) is 3.29. The second-order valence-electron chi connectivity index (χ2n) is 7.92. The Morgan fingerprint density at radius 2 is 1.75 bits per heavy atom. The monoisotopic (exact) mass is 444 g/mol. The molecule has 0 aliphatic carbocycles. The molecule has 0 aliphatic heterocycles. The van der Waals surface area contributed by atoms with E-state index >= 15 is 0 Å². The number of urea groups is 1. The molecule has 0 saturated carbocycles. The van der Waals surface area contributed by atoms with Gasteiger partial charge in [0.25, 0.3) is 0 Å². The summed E-state index contributed by atoms with van der Waals surface area (Å²) in [6.45, 7) is 6.27. The SMILES string of the molecule is COCCCN(CC(=O)N(CCOC)Cc1cccn1C)C(=O)Nc1ccc(C)c(C)c1. The number of methoxy groups -OCH3 is 2. The first-order chi connectivity index (χ1) is 15.3. The number of rotatable bonds is 12. The number of ether oxygens (including phenoxy) is 2. The van der Waals surface area contributed by atoms with Crippen LogP contribution in [0.2, 0.25) is 0 Å². The number of benzene rings is 1. The summed E-state index contributed by atoms with van der Waals surface area (Å²) in [7, 11) is 5.18. The quantitative estimate of drug-likeness (QED) is 0.510. The Bertz CT molecular complexity index is 881. The van der Waals surface area contributed by atoms with Gasteiger partial charge in [-0.15, -0.1) is 0 Å². The largest absolute Gasteiger partial charge is 0.385 e. The number of hydrogen-bond acceptors (Lipinski definition) is 4. The molecule has 32 heavy (non-hydrogen) atoms. The smallest absolute Gasteiger partial charge is 0.322 e. The highest BCUT2D eigenvalue weighted by atomic mass is 16.5. The van der Waals surface area contributed by atoms with E-state index in [-0.39, 0.29) is 18.5 Å². The predicted octanol–water partition coefficient (Wildman–Crippen LogP) is 3.19. The van der Waals surface area contributed by atoms with Gasteiger partial charge in [0.15, 0.2) is 0 Å². The van der Waals surface area contributed by atoms with Crippen molar-refractivity contribution in [3.05, 3.63) is 53.3 Å². The predicted molar refractivity (Wildman–Crippen MR) is 126 cm³/mol. The summed E-state index contributed by atoms with van der Waals surface area (Å²) in [4.78, 5) is 29.5. The standard InChI is InChI=1S/C24H36N4O4/c1-19-9-10-21(16-20(19)2)25-24(30)28(12-7-14-31-4)18-23(29)27(13-15-32-5)17-22-8-6-11-26(22)3/h6,8-11,16H,7,12-15,17-18H2,1-5H3,(H,25,30). The Labute approximate surface area is 191 Å². The Morgan fingerprint density at radius 1 is 1.00 bits per heavy atom. The second-order valence-corrected chi connectivity index (χ2v) is 7.92. The van der Waals surface area contributed by atoms with Crippen molar-refractivity contribution in [3.63, 3.8) is 0 Å². The van der Waals surface area contributed by atoms with Crippen molar-refractivity contribution in [2.45, 2.75) is 26.8 Å². The highest BCUT2D eigenvalue weighted by molar-refractivity contribution is 5.92. The van der Waals surface area contributed by atoms with Crippen LogP contribution in [-0.4, -0.2) is 73.4 Å². The number of nitrogens with one attached hydrogen (secondary N) is 1. The summed E-state index contributed by atoms with van der Waals surface area (Å²) in [5.74, 6) is -0.129. The maximum Gasteiger partial charge on any atom is 0.322 e. The number of amides is 3. The van der Waals surface area contributed by atoms with Crippen LogP contribution in [-0.2, 0) is 27.9 Å². The van der Waals surface area contributed by atoms with E-state index in [1.165, 1.54) is 0 Å². The minimum atomic E-state index is -0.303. The van der Waals surface area contributed by atoms with E-state index < -0.39 is 0 Å². The molecule has 0 bridgehead atoms. The maximum atomic E-state index is 13.2. The minimum Gasteiger partial charge on any atom is -0.385 e. The van der Waals surface area contributed by atoms with Crippen LogP contribution in [0.25, 0.3) is 0 Å². The Kier molecular flexibility index (Phi) is 10.2. The van der Waals surface area contributed by atoms with Crippen LogP contribution in [0, 0.1) is 13.8 Å². The van der Waals surface area contributed by atoms with Crippen LogP contribution in [0.4, 0.5) is 10.5 Å². The minimum absolute atomic E-state index is 0.0193. The lowest BCUT2D eigenvalue weighted by Crippen LogP contribution is -2.45. The molecule has 0 radical (unpaired) electrons. The number of nitrogens with zero attached hydrogens (tertiary/aromatic N) is 3. The number of carbonyl (C=O) groups is 2. The second kappa shape index (κ2) is 12.9. The summed E-state index contributed by atoms with van der Waals surface area (Å²) >= 11 is 0. The normalized spacial score (nSPS) is 10.8. The van der Waals surface area contributed by atoms with Crippen molar-refractivity contribution in [2.75, 3.05) is 52.4 Å². The molecule has 0 unspecified atom stereocenters. The molecule has 0 atom stereocenters. The number of aryl methyl sites for hydroxylation is 3. The molecule has 3 amide bonds. The fraction of sp³-hybridized carbons (Fsp3) is 0.500. The number of hydrogen-bond donors (Lipinski definition) is 1. The summed E-state index contributed by atoms with van der Waals surface area (Å²) < 4.78 is 12.3. The van der Waals surface area contributed by atoms with Gasteiger partial charge in [-0.05, 0) is 55.7 Å². The Morgan fingerprint density at radius 3 is 2.38 bits per heavy atom. The lowest BCUT2D eigenvalue weighted by atomic mass is 10.1. The molecular weight excluding hydrogens is 408 g/mol. The average Bonchev–Trinajstić information content (AvgIpc) is 3.17. The molecular formula is C24H36N4O4. The van der Waals surface area contributed by atoms with Gasteiger partial charge in [-0.2, -0.15) is 0 Å². The van der Waals surface area contributed by atoms with Gasteiger partial charge in [0.05, 0.1) is 13.2 Å². The third-order valence-electron chi connectivity index (χ3n) is 5.47. The lowest BCUT2D eigenvalue weighted by molar-refractivity contribution is -0.133. The van der Waals surface area contributed by atoms with Gasteiger partial charge in [0.2, 0.25) is 5.91 Å². The van der Waals surface area contributed by atoms with E-state index in [1.54, 1.807) is 24.0 Å². The average molecular weight is 445 g/mol. The van der Waals surface area contributed by atoms with E-state index in [0.717, 1.165) is 16.8 Å². The van der Waals surface area contributed by atoms with Crippen molar-refractivity contribution in [2.24, 2.45) is 7.05 Å². The first-order valence-electron chi connectivity index (χ1n) is 10.8. The highest BCUT2D eigenvalue weighted by Gasteiger charge is 2.22. The highest BCUT2D eigenvalue weighted by Crippen LogP contribution is 2.15. The van der Waals surface area contributed by atoms with Gasteiger partial charge >= 0.3 is 6.03 Å². The van der Waals surface area contributed by atoms with E-state index in [1.807, 2.05) is 62.0 Å². The van der Waals surface area contributed by atoms with Gasteiger partial charge in [-0.3, -0.25) is 4.79 Å². The summed E-state index contributed by atoms with van der Waals surface area (Å²) in [5, 5.41) is 2.93. The molecule has 0 spiro atoms. The van der Waals surface area contributed by atoms with Crippen LogP contribution >= 0.6 is 0 Å². The lowest BCUT2D eigenvalue weighted by Gasteiger charge is -2.28. The number of carbonyl (C=O) groups excluding carboxylic acids is 2. The zero-order valence-electron chi connectivity index (χ0n) is 19.9. The molecule has 176 valence electrons. The van der Waals surface area contributed by atoms with Gasteiger partial charge < -0.3 is 29.2 Å². The molecule has 2 aromatic rings. The molecule has 1 aromatic heterocycles. The molecule has 2 rings (SSSR count).